The van der Waals surface area contributed by atoms with Crippen LogP contribution in [0, 0.1) is 0 Å². The third-order valence-corrected chi connectivity index (χ3v) is 7.30. The van der Waals surface area contributed by atoms with Gasteiger partial charge in [-0.1, -0.05) is 103 Å². The zero-order valence-electron chi connectivity index (χ0n) is 19.5. The molecule has 1 heterocycles. The zero-order valence-corrected chi connectivity index (χ0v) is 21.8. The summed E-state index contributed by atoms with van der Waals surface area (Å²) in [5.41, 5.74) is 4.92. The molecule has 0 fully saturated rings. The summed E-state index contributed by atoms with van der Waals surface area (Å²) in [5, 5.41) is 4.77. The maximum Gasteiger partial charge on any atom is 0.251 e. The third kappa shape index (κ3) is 6.29. The van der Waals surface area contributed by atoms with Crippen LogP contribution in [0.25, 0.3) is 22.5 Å². The van der Waals surface area contributed by atoms with Gasteiger partial charge in [-0.3, -0.25) is 4.79 Å². The maximum atomic E-state index is 12.4. The van der Waals surface area contributed by atoms with E-state index in [-0.39, 0.29) is 5.91 Å². The van der Waals surface area contributed by atoms with Crippen molar-refractivity contribution in [3.05, 3.63) is 94.5 Å². The van der Waals surface area contributed by atoms with Crippen LogP contribution < -0.4 is 5.32 Å². The molecule has 1 aromatic heterocycles. The number of halogens is 2. The molecule has 3 aromatic carbocycles. The molecular formula is C28H27Cl2N3OS. The van der Waals surface area contributed by atoms with Gasteiger partial charge in [0, 0.05) is 35.5 Å². The first kappa shape index (κ1) is 25.4. The fourth-order valence-corrected chi connectivity index (χ4v) is 5.10. The molecule has 7 heteroatoms. The predicted octanol–water partition coefficient (Wildman–Crippen LogP) is 7.85. The van der Waals surface area contributed by atoms with E-state index in [0.29, 0.717) is 22.2 Å². The van der Waals surface area contributed by atoms with Crippen LogP contribution in [-0.2, 0) is 6.54 Å². The van der Waals surface area contributed by atoms with Crippen molar-refractivity contribution < 1.29 is 4.79 Å². The maximum absolute atomic E-state index is 12.4. The van der Waals surface area contributed by atoms with Crippen molar-refractivity contribution in [1.82, 2.24) is 14.9 Å². The Morgan fingerprint density at radius 3 is 2.29 bits per heavy atom. The van der Waals surface area contributed by atoms with Crippen LogP contribution in [0.5, 0.6) is 0 Å². The Bertz CT molecular complexity index is 1280. The van der Waals surface area contributed by atoms with Crippen molar-refractivity contribution in [3.63, 3.8) is 0 Å². The first-order valence-electron chi connectivity index (χ1n) is 11.7. The van der Waals surface area contributed by atoms with E-state index in [1.165, 1.54) is 0 Å². The molecule has 4 nitrogen and oxygen atoms in total. The van der Waals surface area contributed by atoms with Gasteiger partial charge in [-0.05, 0) is 31.0 Å². The summed E-state index contributed by atoms with van der Waals surface area (Å²) < 4.78 is 2.33. The minimum Gasteiger partial charge on any atom is -0.352 e. The molecule has 180 valence electrons. The lowest BCUT2D eigenvalue weighted by Crippen LogP contribution is -2.24. The Morgan fingerprint density at radius 2 is 1.63 bits per heavy atom. The molecule has 0 aliphatic rings. The number of benzene rings is 3. The predicted molar refractivity (Wildman–Crippen MR) is 148 cm³/mol. The SMILES string of the molecule is CCCn1c(SCCCNC(=O)c2ccc(Cl)c(Cl)c2)nc(-c2ccccc2)c1-c1ccccc1. The van der Waals surface area contributed by atoms with Crippen LogP contribution in [0.15, 0.2) is 84.0 Å². The molecule has 0 radical (unpaired) electrons. The second kappa shape index (κ2) is 12.3. The van der Waals surface area contributed by atoms with Gasteiger partial charge in [0.1, 0.15) is 0 Å². The summed E-state index contributed by atoms with van der Waals surface area (Å²) >= 11 is 13.7. The number of amides is 1. The van der Waals surface area contributed by atoms with Gasteiger partial charge in [0.15, 0.2) is 5.16 Å². The van der Waals surface area contributed by atoms with E-state index in [9.17, 15) is 4.79 Å². The quantitative estimate of drug-likeness (QED) is 0.170. The standard InChI is InChI=1S/C28H27Cl2N3OS/c1-2-17-33-26(21-12-7-4-8-13-21)25(20-10-5-3-6-11-20)32-28(33)35-18-9-16-31-27(34)22-14-15-23(29)24(30)19-22/h3-8,10-15,19H,2,9,16-18H2,1H3,(H,31,34). The molecule has 35 heavy (non-hydrogen) atoms. The van der Waals surface area contributed by atoms with Crippen LogP contribution in [0.4, 0.5) is 0 Å². The average molecular weight is 525 g/mol. The van der Waals surface area contributed by atoms with Crippen LogP contribution in [0.1, 0.15) is 30.1 Å². The molecule has 0 saturated heterocycles. The minimum absolute atomic E-state index is 0.154. The lowest BCUT2D eigenvalue weighted by atomic mass is 10.0. The Kier molecular flexibility index (Phi) is 8.91. The fourth-order valence-electron chi connectivity index (χ4n) is 3.84. The molecule has 1 amide bonds. The Morgan fingerprint density at radius 1 is 0.943 bits per heavy atom. The highest BCUT2D eigenvalue weighted by Crippen LogP contribution is 2.36. The van der Waals surface area contributed by atoms with E-state index in [1.807, 2.05) is 24.3 Å². The molecule has 0 bridgehead atoms. The van der Waals surface area contributed by atoms with E-state index < -0.39 is 0 Å². The van der Waals surface area contributed by atoms with Gasteiger partial charge in [-0.25, -0.2) is 4.98 Å². The first-order valence-corrected chi connectivity index (χ1v) is 13.4. The van der Waals surface area contributed by atoms with Gasteiger partial charge in [0.2, 0.25) is 0 Å². The number of imidazole rings is 1. The monoisotopic (exact) mass is 523 g/mol. The summed E-state index contributed by atoms with van der Waals surface area (Å²) in [6.45, 7) is 3.64. The molecule has 0 atom stereocenters. The van der Waals surface area contributed by atoms with Crippen LogP contribution in [0.3, 0.4) is 0 Å². The van der Waals surface area contributed by atoms with E-state index in [2.05, 4.69) is 53.2 Å². The fraction of sp³-hybridized carbons (Fsp3) is 0.214. The third-order valence-electron chi connectivity index (χ3n) is 5.49. The van der Waals surface area contributed by atoms with Crippen molar-refractivity contribution in [1.29, 1.82) is 0 Å². The van der Waals surface area contributed by atoms with Gasteiger partial charge in [0.25, 0.3) is 5.91 Å². The molecule has 0 spiro atoms. The highest BCUT2D eigenvalue weighted by atomic mass is 35.5. The number of hydrogen-bond donors (Lipinski definition) is 1. The van der Waals surface area contributed by atoms with Crippen LogP contribution in [0.2, 0.25) is 10.0 Å². The highest BCUT2D eigenvalue weighted by molar-refractivity contribution is 7.99. The van der Waals surface area contributed by atoms with Crippen LogP contribution >= 0.6 is 35.0 Å². The number of nitrogens with zero attached hydrogens (tertiary/aromatic N) is 2. The molecule has 0 aliphatic carbocycles. The van der Waals surface area contributed by atoms with Crippen molar-refractivity contribution in [3.8, 4) is 22.5 Å². The van der Waals surface area contributed by atoms with E-state index >= 15 is 0 Å². The summed E-state index contributed by atoms with van der Waals surface area (Å²) in [6, 6.07) is 25.7. The normalized spacial score (nSPS) is 10.9. The van der Waals surface area contributed by atoms with E-state index in [1.54, 1.807) is 30.0 Å². The number of hydrogen-bond acceptors (Lipinski definition) is 3. The molecular weight excluding hydrogens is 497 g/mol. The topological polar surface area (TPSA) is 46.9 Å². The summed E-state index contributed by atoms with van der Waals surface area (Å²) in [7, 11) is 0. The molecule has 0 aliphatic heterocycles. The minimum atomic E-state index is -0.154. The number of nitrogens with one attached hydrogen (secondary N) is 1. The lowest BCUT2D eigenvalue weighted by Gasteiger charge is -2.12. The number of rotatable bonds is 10. The number of carbonyl (C=O) groups excluding carboxylic acids is 1. The Hall–Kier alpha value is -2.73. The average Bonchev–Trinajstić information content (AvgIpc) is 3.24. The Balaban J connectivity index is 1.48. The Labute approximate surface area is 220 Å². The first-order chi connectivity index (χ1) is 17.1. The smallest absolute Gasteiger partial charge is 0.251 e. The number of aromatic nitrogens is 2. The van der Waals surface area contributed by atoms with Gasteiger partial charge in [-0.2, -0.15) is 0 Å². The van der Waals surface area contributed by atoms with Crippen molar-refractivity contribution >= 4 is 40.9 Å². The van der Waals surface area contributed by atoms with Crippen molar-refractivity contribution in [2.24, 2.45) is 0 Å². The molecule has 0 unspecified atom stereocenters. The zero-order chi connectivity index (χ0) is 24.6. The van der Waals surface area contributed by atoms with Gasteiger partial charge >= 0.3 is 0 Å². The second-order valence-electron chi connectivity index (χ2n) is 8.06. The van der Waals surface area contributed by atoms with Gasteiger partial charge in [-0.15, -0.1) is 0 Å². The summed E-state index contributed by atoms with van der Waals surface area (Å²) in [6.07, 6.45) is 1.83. The number of carbonyl (C=O) groups is 1. The lowest BCUT2D eigenvalue weighted by molar-refractivity contribution is 0.0954. The number of thioether (sulfide) groups is 1. The molecule has 4 aromatic rings. The van der Waals surface area contributed by atoms with Crippen molar-refractivity contribution in [2.75, 3.05) is 12.3 Å². The van der Waals surface area contributed by atoms with Crippen molar-refractivity contribution in [2.45, 2.75) is 31.5 Å². The van der Waals surface area contributed by atoms with E-state index in [4.69, 9.17) is 28.2 Å². The second-order valence-corrected chi connectivity index (χ2v) is 9.94. The van der Waals surface area contributed by atoms with Gasteiger partial charge < -0.3 is 9.88 Å². The largest absolute Gasteiger partial charge is 0.352 e. The van der Waals surface area contributed by atoms with E-state index in [0.717, 1.165) is 52.8 Å². The summed E-state index contributed by atoms with van der Waals surface area (Å²) in [5.74, 6) is 0.684. The van der Waals surface area contributed by atoms with Crippen LogP contribution in [-0.4, -0.2) is 27.8 Å². The van der Waals surface area contributed by atoms with Gasteiger partial charge in [0.05, 0.1) is 21.4 Å². The highest BCUT2D eigenvalue weighted by Gasteiger charge is 2.20. The molecule has 0 saturated carbocycles. The molecule has 1 N–H and O–H groups in total. The summed E-state index contributed by atoms with van der Waals surface area (Å²) in [4.78, 5) is 17.5. The molecule has 4 rings (SSSR count).